The monoisotopic (exact) mass is 365 g/mol. The summed E-state index contributed by atoms with van der Waals surface area (Å²) in [5, 5.41) is 1.10. The van der Waals surface area contributed by atoms with Crippen molar-refractivity contribution in [1.29, 1.82) is 0 Å². The lowest BCUT2D eigenvalue weighted by Crippen LogP contribution is -2.54. The highest BCUT2D eigenvalue weighted by Crippen LogP contribution is 2.31. The van der Waals surface area contributed by atoms with Crippen LogP contribution in [0.15, 0.2) is 36.5 Å². The summed E-state index contributed by atoms with van der Waals surface area (Å²) in [5.41, 5.74) is 1.43. The van der Waals surface area contributed by atoms with E-state index in [9.17, 15) is 4.79 Å². The van der Waals surface area contributed by atoms with Crippen molar-refractivity contribution in [3.05, 3.63) is 42.1 Å². The Labute approximate surface area is 162 Å². The lowest BCUT2D eigenvalue weighted by Gasteiger charge is -2.41. The molecule has 1 aromatic carbocycles. The van der Waals surface area contributed by atoms with Gasteiger partial charge in [-0.2, -0.15) is 0 Å². The van der Waals surface area contributed by atoms with Crippen LogP contribution in [0.5, 0.6) is 0 Å². The topological polar surface area (TPSA) is 36.4 Å². The van der Waals surface area contributed by atoms with Crippen molar-refractivity contribution in [2.75, 3.05) is 26.2 Å². The van der Waals surface area contributed by atoms with Crippen LogP contribution in [0.1, 0.15) is 51.5 Å². The summed E-state index contributed by atoms with van der Waals surface area (Å²) in [4.78, 5) is 22.9. The predicted octanol–water partition coefficient (Wildman–Crippen LogP) is 3.99. The molecule has 0 saturated carbocycles. The molecule has 0 spiro atoms. The van der Waals surface area contributed by atoms with E-state index in [1.807, 2.05) is 24.4 Å². The molecule has 27 heavy (non-hydrogen) atoms. The largest absolute Gasteiger partial charge is 0.338 e. The van der Waals surface area contributed by atoms with E-state index in [1.165, 1.54) is 32.4 Å². The van der Waals surface area contributed by atoms with Gasteiger partial charge in [-0.3, -0.25) is 9.78 Å². The second-order valence-corrected chi connectivity index (χ2v) is 8.70. The third-order valence-electron chi connectivity index (χ3n) is 6.40. The van der Waals surface area contributed by atoms with Crippen LogP contribution in [0, 0.1) is 0 Å². The Morgan fingerprint density at radius 2 is 1.85 bits per heavy atom. The molecule has 1 aromatic heterocycles. The van der Waals surface area contributed by atoms with E-state index in [1.54, 1.807) is 0 Å². The lowest BCUT2D eigenvalue weighted by atomic mass is 9.82. The van der Waals surface area contributed by atoms with Gasteiger partial charge in [0.15, 0.2) is 0 Å². The van der Waals surface area contributed by atoms with Crippen molar-refractivity contribution in [3.63, 3.8) is 0 Å². The molecule has 1 atom stereocenters. The summed E-state index contributed by atoms with van der Waals surface area (Å²) in [6, 6.07) is 10.6. The molecule has 2 saturated heterocycles. The number of para-hydroxylation sites is 1. The first-order valence-electron chi connectivity index (χ1n) is 10.4. The van der Waals surface area contributed by atoms with Crippen LogP contribution in [-0.2, 0) is 10.2 Å². The van der Waals surface area contributed by atoms with Gasteiger partial charge in [0, 0.05) is 30.7 Å². The Kier molecular flexibility index (Phi) is 5.18. The van der Waals surface area contributed by atoms with E-state index in [2.05, 4.69) is 40.8 Å². The number of rotatable bonds is 4. The molecule has 0 N–H and O–H groups in total. The molecule has 2 aliphatic rings. The summed E-state index contributed by atoms with van der Waals surface area (Å²) < 4.78 is 0. The number of aromatic nitrogens is 1. The lowest BCUT2D eigenvalue weighted by molar-refractivity contribution is -0.140. The molecule has 1 amide bonds. The summed E-state index contributed by atoms with van der Waals surface area (Å²) in [5.74, 6) is 0.253. The number of piperidine rings is 1. The molecule has 1 unspecified atom stereocenters. The number of pyridine rings is 1. The van der Waals surface area contributed by atoms with Crippen molar-refractivity contribution in [1.82, 2.24) is 14.8 Å². The summed E-state index contributed by atoms with van der Waals surface area (Å²) >= 11 is 0. The van der Waals surface area contributed by atoms with Crippen LogP contribution < -0.4 is 0 Å². The number of nitrogens with zero attached hydrogens (tertiary/aromatic N) is 3. The van der Waals surface area contributed by atoms with Crippen LogP contribution in [0.25, 0.3) is 10.9 Å². The molecule has 4 heteroatoms. The predicted molar refractivity (Wildman–Crippen MR) is 110 cm³/mol. The zero-order valence-electron chi connectivity index (χ0n) is 16.7. The van der Waals surface area contributed by atoms with Gasteiger partial charge < -0.3 is 9.80 Å². The number of fused-ring (bicyclic) bond motifs is 1. The van der Waals surface area contributed by atoms with Crippen molar-refractivity contribution in [2.45, 2.75) is 57.4 Å². The number of hydrogen-bond acceptors (Lipinski definition) is 3. The average molecular weight is 366 g/mol. The molecule has 0 radical (unpaired) electrons. The Bertz CT molecular complexity index is 810. The van der Waals surface area contributed by atoms with Gasteiger partial charge in [0.25, 0.3) is 0 Å². The van der Waals surface area contributed by atoms with E-state index in [-0.39, 0.29) is 5.91 Å². The van der Waals surface area contributed by atoms with Gasteiger partial charge in [-0.1, -0.05) is 18.2 Å². The van der Waals surface area contributed by atoms with Crippen LogP contribution in [0.4, 0.5) is 0 Å². The first kappa shape index (κ1) is 18.4. The maximum atomic E-state index is 13.6. The van der Waals surface area contributed by atoms with E-state index < -0.39 is 5.41 Å². The van der Waals surface area contributed by atoms with Gasteiger partial charge in [0.2, 0.25) is 5.91 Å². The fraction of sp³-hybridized carbons (Fsp3) is 0.565. The first-order valence-corrected chi connectivity index (χ1v) is 10.4. The van der Waals surface area contributed by atoms with Gasteiger partial charge in [-0.25, -0.2) is 0 Å². The minimum Gasteiger partial charge on any atom is -0.338 e. The minimum atomic E-state index is -0.558. The number of hydrogen-bond donors (Lipinski definition) is 0. The molecule has 2 aromatic rings. The second-order valence-electron chi connectivity index (χ2n) is 8.70. The van der Waals surface area contributed by atoms with Crippen molar-refractivity contribution >= 4 is 16.8 Å². The zero-order valence-corrected chi connectivity index (χ0v) is 16.7. The molecule has 3 heterocycles. The third-order valence-corrected chi connectivity index (χ3v) is 6.40. The van der Waals surface area contributed by atoms with E-state index in [0.29, 0.717) is 6.04 Å². The minimum absolute atomic E-state index is 0.253. The van der Waals surface area contributed by atoms with Gasteiger partial charge >= 0.3 is 0 Å². The highest BCUT2D eigenvalue weighted by atomic mass is 16.2. The third kappa shape index (κ3) is 3.73. The highest BCUT2D eigenvalue weighted by molar-refractivity contribution is 5.89. The first-order chi connectivity index (χ1) is 13.1. The zero-order chi connectivity index (χ0) is 18.9. The maximum absolute atomic E-state index is 13.6. The van der Waals surface area contributed by atoms with Crippen LogP contribution >= 0.6 is 0 Å². The maximum Gasteiger partial charge on any atom is 0.233 e. The fourth-order valence-electron chi connectivity index (χ4n) is 4.62. The summed E-state index contributed by atoms with van der Waals surface area (Å²) in [6.45, 7) is 8.43. The molecule has 4 nitrogen and oxygen atoms in total. The smallest absolute Gasteiger partial charge is 0.233 e. The Hall–Kier alpha value is -1.94. The van der Waals surface area contributed by atoms with Crippen molar-refractivity contribution < 1.29 is 4.79 Å². The highest BCUT2D eigenvalue weighted by Gasteiger charge is 2.38. The standard InChI is InChI=1S/C23H31N3O/c1-23(2,19-15-18-9-3-4-11-21(18)24-16-19)22(27)26-14-6-5-10-20(26)17-25-12-7-8-13-25/h3-4,9,11,15-16,20H,5-8,10,12-14,17H2,1-2H3. The van der Waals surface area contributed by atoms with Crippen molar-refractivity contribution in [3.8, 4) is 0 Å². The number of likely N-dealkylation sites (tertiary alicyclic amines) is 2. The summed E-state index contributed by atoms with van der Waals surface area (Å²) in [6.07, 6.45) is 7.98. The average Bonchev–Trinajstić information content (AvgIpc) is 3.20. The number of amides is 1. The van der Waals surface area contributed by atoms with Crippen LogP contribution in [0.2, 0.25) is 0 Å². The van der Waals surface area contributed by atoms with Crippen LogP contribution in [0.3, 0.4) is 0 Å². The molecule has 4 rings (SSSR count). The fourth-order valence-corrected chi connectivity index (χ4v) is 4.62. The van der Waals surface area contributed by atoms with E-state index >= 15 is 0 Å². The van der Waals surface area contributed by atoms with Gasteiger partial charge in [0.05, 0.1) is 10.9 Å². The normalized spacial score (nSPS) is 21.7. The van der Waals surface area contributed by atoms with Gasteiger partial charge in [-0.05, 0) is 76.7 Å². The number of carbonyl (C=O) groups is 1. The Morgan fingerprint density at radius 1 is 1.11 bits per heavy atom. The second kappa shape index (κ2) is 7.59. The van der Waals surface area contributed by atoms with E-state index in [0.717, 1.165) is 42.4 Å². The van der Waals surface area contributed by atoms with Gasteiger partial charge in [0.1, 0.15) is 0 Å². The molecule has 0 bridgehead atoms. The Morgan fingerprint density at radius 3 is 2.67 bits per heavy atom. The number of carbonyl (C=O) groups excluding carboxylic acids is 1. The van der Waals surface area contributed by atoms with Crippen LogP contribution in [-0.4, -0.2) is 52.9 Å². The number of benzene rings is 1. The molecule has 0 aliphatic carbocycles. The molecular weight excluding hydrogens is 334 g/mol. The van der Waals surface area contributed by atoms with Crippen molar-refractivity contribution in [2.24, 2.45) is 0 Å². The quantitative estimate of drug-likeness (QED) is 0.822. The van der Waals surface area contributed by atoms with Gasteiger partial charge in [-0.15, -0.1) is 0 Å². The molecule has 144 valence electrons. The molecule has 2 fully saturated rings. The summed E-state index contributed by atoms with van der Waals surface area (Å²) in [7, 11) is 0. The Balaban J connectivity index is 1.57. The van der Waals surface area contributed by atoms with E-state index in [4.69, 9.17) is 0 Å². The molecule has 2 aliphatic heterocycles. The molecular formula is C23H31N3O. The SMILES string of the molecule is CC(C)(C(=O)N1CCCCC1CN1CCCC1)c1cnc2ccccc2c1.